The molecule has 1 N–H and O–H groups in total. The summed E-state index contributed by atoms with van der Waals surface area (Å²) in [6, 6.07) is 1.83. The van der Waals surface area contributed by atoms with Crippen molar-refractivity contribution in [2.75, 3.05) is 19.8 Å². The molecule has 0 bridgehead atoms. The summed E-state index contributed by atoms with van der Waals surface area (Å²) >= 11 is 1.53. The second-order valence-electron chi connectivity index (χ2n) is 4.86. The topological polar surface area (TPSA) is 47.6 Å². The zero-order valence-electron chi connectivity index (χ0n) is 10.8. The first-order chi connectivity index (χ1) is 8.59. The van der Waals surface area contributed by atoms with Gasteiger partial charge < -0.3 is 14.8 Å². The molecule has 1 saturated heterocycles. The predicted octanol–water partition coefficient (Wildman–Crippen LogP) is 2.27. The van der Waals surface area contributed by atoms with Crippen LogP contribution in [-0.4, -0.2) is 31.5 Å². The van der Waals surface area contributed by atoms with Gasteiger partial charge >= 0.3 is 0 Å². The van der Waals surface area contributed by atoms with Crippen LogP contribution in [0.1, 0.15) is 30.6 Å². The second-order valence-corrected chi connectivity index (χ2v) is 5.64. The summed E-state index contributed by atoms with van der Waals surface area (Å²) in [5.41, 5.74) is 0.728. The highest BCUT2D eigenvalue weighted by atomic mass is 32.1. The molecule has 0 aromatic carbocycles. The van der Waals surface area contributed by atoms with E-state index in [9.17, 15) is 4.79 Å². The van der Waals surface area contributed by atoms with Gasteiger partial charge in [0.25, 0.3) is 5.91 Å². The molecule has 1 aliphatic heterocycles. The summed E-state index contributed by atoms with van der Waals surface area (Å²) in [5.74, 6) is -0.177. The minimum atomic E-state index is -0.480. The molecule has 1 aliphatic rings. The number of carbonyl (C=O) groups excluding carboxylic acids is 1. The molecule has 1 aromatic rings. The molecular weight excluding hydrogens is 250 g/mol. The number of rotatable bonds is 5. The fourth-order valence-corrected chi connectivity index (χ4v) is 2.78. The number of hydrogen-bond acceptors (Lipinski definition) is 4. The zero-order valence-corrected chi connectivity index (χ0v) is 11.6. The van der Waals surface area contributed by atoms with Gasteiger partial charge in [0.15, 0.2) is 5.79 Å². The Bertz CT molecular complexity index is 385. The van der Waals surface area contributed by atoms with Crippen molar-refractivity contribution in [2.45, 2.75) is 26.1 Å². The van der Waals surface area contributed by atoms with Crippen molar-refractivity contribution in [3.05, 3.63) is 22.4 Å². The Kier molecular flexibility index (Phi) is 4.37. The van der Waals surface area contributed by atoms with E-state index in [-0.39, 0.29) is 5.91 Å². The Labute approximate surface area is 111 Å². The van der Waals surface area contributed by atoms with Gasteiger partial charge in [0.2, 0.25) is 0 Å². The van der Waals surface area contributed by atoms with Gasteiger partial charge in [0, 0.05) is 23.9 Å². The third-order valence-corrected chi connectivity index (χ3v) is 3.70. The van der Waals surface area contributed by atoms with Crippen LogP contribution in [-0.2, 0) is 9.47 Å². The summed E-state index contributed by atoms with van der Waals surface area (Å²) in [7, 11) is 0. The van der Waals surface area contributed by atoms with E-state index in [1.54, 1.807) is 0 Å². The Balaban J connectivity index is 1.74. The van der Waals surface area contributed by atoms with E-state index < -0.39 is 5.79 Å². The Morgan fingerprint density at radius 2 is 2.28 bits per heavy atom. The smallest absolute Gasteiger partial charge is 0.252 e. The van der Waals surface area contributed by atoms with Crippen LogP contribution >= 0.6 is 11.3 Å². The van der Waals surface area contributed by atoms with Crippen LogP contribution in [0.4, 0.5) is 0 Å². The molecule has 1 aromatic heterocycles. The molecule has 0 radical (unpaired) electrons. The van der Waals surface area contributed by atoms with Crippen molar-refractivity contribution < 1.29 is 14.3 Å². The summed E-state index contributed by atoms with van der Waals surface area (Å²) in [6.07, 6.45) is 0.789. The lowest BCUT2D eigenvalue weighted by Crippen LogP contribution is -2.34. The van der Waals surface area contributed by atoms with Crippen LogP contribution in [0.15, 0.2) is 16.8 Å². The standard InChI is InChI=1S/C13H19NO3S/c1-10(7-13(2)16-4-5-17-13)8-14-12(15)11-3-6-18-9-11/h3,6,9-10H,4-5,7-8H2,1-2H3,(H,14,15)/t10-/m1/s1. The van der Waals surface area contributed by atoms with E-state index in [4.69, 9.17) is 9.47 Å². The average Bonchev–Trinajstić information content (AvgIpc) is 2.97. The molecule has 2 heterocycles. The molecular formula is C13H19NO3S. The van der Waals surface area contributed by atoms with Crippen LogP contribution in [0.2, 0.25) is 0 Å². The highest BCUT2D eigenvalue weighted by Crippen LogP contribution is 2.26. The summed E-state index contributed by atoms with van der Waals surface area (Å²) in [6.45, 7) is 5.99. The van der Waals surface area contributed by atoms with Crippen molar-refractivity contribution in [2.24, 2.45) is 5.92 Å². The molecule has 2 rings (SSSR count). The van der Waals surface area contributed by atoms with Crippen LogP contribution in [0, 0.1) is 5.92 Å². The molecule has 0 saturated carbocycles. The van der Waals surface area contributed by atoms with Crippen molar-refractivity contribution in [1.29, 1.82) is 0 Å². The maximum Gasteiger partial charge on any atom is 0.252 e. The zero-order chi connectivity index (χ0) is 13.0. The first kappa shape index (κ1) is 13.5. The lowest BCUT2D eigenvalue weighted by Gasteiger charge is -2.25. The number of ether oxygens (including phenoxy) is 2. The van der Waals surface area contributed by atoms with E-state index >= 15 is 0 Å². The van der Waals surface area contributed by atoms with Crippen LogP contribution < -0.4 is 5.32 Å². The molecule has 0 unspecified atom stereocenters. The maximum atomic E-state index is 11.8. The number of amides is 1. The van der Waals surface area contributed by atoms with Gasteiger partial charge in [0.1, 0.15) is 0 Å². The maximum absolute atomic E-state index is 11.8. The normalized spacial score (nSPS) is 19.7. The predicted molar refractivity (Wildman–Crippen MR) is 70.7 cm³/mol. The molecule has 1 amide bonds. The van der Waals surface area contributed by atoms with Gasteiger partial charge in [-0.2, -0.15) is 11.3 Å². The van der Waals surface area contributed by atoms with E-state index in [1.165, 1.54) is 11.3 Å². The van der Waals surface area contributed by atoms with E-state index in [1.807, 2.05) is 23.8 Å². The highest BCUT2D eigenvalue weighted by molar-refractivity contribution is 7.08. The molecule has 1 atom stereocenters. The molecule has 100 valence electrons. The first-order valence-electron chi connectivity index (χ1n) is 6.17. The Morgan fingerprint density at radius 3 is 2.89 bits per heavy atom. The molecule has 0 spiro atoms. The van der Waals surface area contributed by atoms with Gasteiger partial charge in [-0.25, -0.2) is 0 Å². The van der Waals surface area contributed by atoms with Crippen LogP contribution in [0.5, 0.6) is 0 Å². The lowest BCUT2D eigenvalue weighted by atomic mass is 10.0. The number of hydrogen-bond donors (Lipinski definition) is 1. The SMILES string of the molecule is C[C@@H](CNC(=O)c1ccsc1)CC1(C)OCCO1. The van der Waals surface area contributed by atoms with Gasteiger partial charge in [-0.05, 0) is 24.3 Å². The fourth-order valence-electron chi connectivity index (χ4n) is 2.14. The number of nitrogens with one attached hydrogen (secondary N) is 1. The molecule has 18 heavy (non-hydrogen) atoms. The fraction of sp³-hybridized carbons (Fsp3) is 0.615. The van der Waals surface area contributed by atoms with E-state index in [0.29, 0.717) is 25.7 Å². The number of carbonyl (C=O) groups is 1. The Hall–Kier alpha value is -0.910. The summed E-state index contributed by atoms with van der Waals surface area (Å²) in [4.78, 5) is 11.8. The van der Waals surface area contributed by atoms with E-state index in [2.05, 4.69) is 12.2 Å². The average molecular weight is 269 g/mol. The largest absolute Gasteiger partial charge is 0.352 e. The molecule has 1 fully saturated rings. The van der Waals surface area contributed by atoms with Gasteiger partial charge in [-0.1, -0.05) is 6.92 Å². The third-order valence-electron chi connectivity index (χ3n) is 3.01. The first-order valence-corrected chi connectivity index (χ1v) is 7.12. The van der Waals surface area contributed by atoms with Gasteiger partial charge in [0.05, 0.1) is 13.2 Å². The summed E-state index contributed by atoms with van der Waals surface area (Å²) < 4.78 is 11.1. The highest BCUT2D eigenvalue weighted by Gasteiger charge is 2.32. The minimum absolute atomic E-state index is 0.0125. The molecule has 0 aliphatic carbocycles. The van der Waals surface area contributed by atoms with Crippen molar-refractivity contribution in [3.63, 3.8) is 0 Å². The minimum Gasteiger partial charge on any atom is -0.352 e. The molecule has 4 nitrogen and oxygen atoms in total. The third kappa shape index (κ3) is 3.54. The van der Waals surface area contributed by atoms with Crippen LogP contribution in [0.25, 0.3) is 0 Å². The Morgan fingerprint density at radius 1 is 1.56 bits per heavy atom. The second kappa shape index (κ2) is 5.82. The molecule has 5 heteroatoms. The van der Waals surface area contributed by atoms with E-state index in [0.717, 1.165) is 12.0 Å². The van der Waals surface area contributed by atoms with Gasteiger partial charge in [-0.15, -0.1) is 0 Å². The van der Waals surface area contributed by atoms with Crippen molar-refractivity contribution in [1.82, 2.24) is 5.32 Å². The lowest BCUT2D eigenvalue weighted by molar-refractivity contribution is -0.153. The van der Waals surface area contributed by atoms with Crippen LogP contribution in [0.3, 0.4) is 0 Å². The number of thiophene rings is 1. The van der Waals surface area contributed by atoms with Crippen molar-refractivity contribution >= 4 is 17.2 Å². The quantitative estimate of drug-likeness (QED) is 0.892. The summed E-state index contributed by atoms with van der Waals surface area (Å²) in [5, 5.41) is 6.69. The van der Waals surface area contributed by atoms with Gasteiger partial charge in [-0.3, -0.25) is 4.79 Å². The monoisotopic (exact) mass is 269 g/mol. The van der Waals surface area contributed by atoms with Crippen molar-refractivity contribution in [3.8, 4) is 0 Å².